The zero-order chi connectivity index (χ0) is 16.7. The van der Waals surface area contributed by atoms with Crippen molar-refractivity contribution in [1.82, 2.24) is 15.6 Å². The molecule has 0 aliphatic rings. The molecule has 0 unspecified atom stereocenters. The van der Waals surface area contributed by atoms with Crippen LogP contribution in [0.15, 0.2) is 36.9 Å². The number of amides is 2. The van der Waals surface area contributed by atoms with Crippen LogP contribution in [-0.4, -0.2) is 17.6 Å². The zero-order valence-electron chi connectivity index (χ0n) is 13.4. The highest BCUT2D eigenvalue weighted by atomic mass is 32.1. The van der Waals surface area contributed by atoms with Crippen LogP contribution in [0.25, 0.3) is 0 Å². The molecule has 23 heavy (non-hydrogen) atoms. The fourth-order valence-electron chi connectivity index (χ4n) is 1.95. The van der Waals surface area contributed by atoms with Crippen LogP contribution in [0.3, 0.4) is 0 Å². The Hall–Kier alpha value is -2.34. The summed E-state index contributed by atoms with van der Waals surface area (Å²) < 4.78 is 5.57. The fourth-order valence-corrected chi connectivity index (χ4v) is 2.82. The van der Waals surface area contributed by atoms with Crippen molar-refractivity contribution < 1.29 is 9.53 Å². The van der Waals surface area contributed by atoms with Gasteiger partial charge in [0, 0.05) is 17.0 Å². The van der Waals surface area contributed by atoms with Crippen molar-refractivity contribution in [3.63, 3.8) is 0 Å². The number of hydrogen-bond donors (Lipinski definition) is 2. The van der Waals surface area contributed by atoms with Crippen LogP contribution in [0, 0.1) is 13.8 Å². The molecule has 2 amide bonds. The van der Waals surface area contributed by atoms with Gasteiger partial charge in [-0.05, 0) is 19.9 Å². The lowest BCUT2D eigenvalue weighted by molar-refractivity contribution is 0.240. The fraction of sp³-hybridized carbons (Fsp3) is 0.294. The zero-order valence-corrected chi connectivity index (χ0v) is 14.2. The van der Waals surface area contributed by atoms with Crippen molar-refractivity contribution in [2.45, 2.75) is 26.9 Å². The summed E-state index contributed by atoms with van der Waals surface area (Å²) in [6.45, 7) is 8.89. The number of para-hydroxylation sites is 1. The van der Waals surface area contributed by atoms with E-state index in [9.17, 15) is 4.79 Å². The lowest BCUT2D eigenvalue weighted by Crippen LogP contribution is -2.34. The smallest absolute Gasteiger partial charge is 0.315 e. The predicted octanol–water partition coefficient (Wildman–Crippen LogP) is 3.32. The van der Waals surface area contributed by atoms with Gasteiger partial charge in [0.05, 0.1) is 12.2 Å². The molecule has 0 atom stereocenters. The topological polar surface area (TPSA) is 63.2 Å². The first kappa shape index (κ1) is 17.0. The third-order valence-corrected chi connectivity index (χ3v) is 4.31. The molecule has 122 valence electrons. The number of thiazole rings is 1. The summed E-state index contributed by atoms with van der Waals surface area (Å²) in [6, 6.07) is 7.38. The number of nitrogens with one attached hydrogen (secondary N) is 2. The van der Waals surface area contributed by atoms with Crippen molar-refractivity contribution >= 4 is 17.4 Å². The third kappa shape index (κ3) is 5.10. The number of urea groups is 1. The van der Waals surface area contributed by atoms with Crippen LogP contribution in [0.2, 0.25) is 0 Å². The molecular weight excluding hydrogens is 310 g/mol. The molecule has 2 aromatic rings. The van der Waals surface area contributed by atoms with Crippen LogP contribution >= 0.6 is 11.3 Å². The number of aromatic nitrogens is 1. The molecular formula is C17H21N3O2S. The van der Waals surface area contributed by atoms with Crippen molar-refractivity contribution in [1.29, 1.82) is 0 Å². The number of aryl methyl sites for hydroxylation is 2. The number of rotatable bonds is 7. The van der Waals surface area contributed by atoms with Gasteiger partial charge in [-0.2, -0.15) is 0 Å². The predicted molar refractivity (Wildman–Crippen MR) is 92.8 cm³/mol. The van der Waals surface area contributed by atoms with Crippen LogP contribution in [0.1, 0.15) is 21.1 Å². The Morgan fingerprint density at radius 2 is 2.04 bits per heavy atom. The Balaban J connectivity index is 1.83. The van der Waals surface area contributed by atoms with Crippen molar-refractivity contribution in [3.05, 3.63) is 58.1 Å². The lowest BCUT2D eigenvalue weighted by Gasteiger charge is -2.11. The molecule has 0 saturated carbocycles. The quantitative estimate of drug-likeness (QED) is 0.765. The van der Waals surface area contributed by atoms with E-state index < -0.39 is 0 Å². The first-order valence-electron chi connectivity index (χ1n) is 7.36. The average Bonchev–Trinajstić information content (AvgIpc) is 2.88. The highest BCUT2D eigenvalue weighted by molar-refractivity contribution is 7.11. The first-order chi connectivity index (χ1) is 11.1. The summed E-state index contributed by atoms with van der Waals surface area (Å²) >= 11 is 1.60. The molecule has 1 heterocycles. The van der Waals surface area contributed by atoms with E-state index in [1.54, 1.807) is 17.4 Å². The Morgan fingerprint density at radius 3 is 2.74 bits per heavy atom. The van der Waals surface area contributed by atoms with Crippen molar-refractivity contribution in [2.24, 2.45) is 0 Å². The van der Waals surface area contributed by atoms with Crippen LogP contribution in [0.5, 0.6) is 5.75 Å². The Morgan fingerprint density at radius 1 is 1.30 bits per heavy atom. The van der Waals surface area contributed by atoms with Crippen LogP contribution in [0.4, 0.5) is 4.79 Å². The normalized spacial score (nSPS) is 10.2. The number of carbonyl (C=O) groups is 1. The minimum absolute atomic E-state index is 0.228. The van der Waals surface area contributed by atoms with Gasteiger partial charge in [-0.1, -0.05) is 30.9 Å². The SMILES string of the molecule is C=CCOc1ccccc1CNC(=O)NCc1nc(C)c(C)s1. The minimum Gasteiger partial charge on any atom is -0.489 e. The molecule has 1 aromatic carbocycles. The summed E-state index contributed by atoms with van der Waals surface area (Å²) in [5.74, 6) is 0.749. The molecule has 0 aliphatic heterocycles. The largest absolute Gasteiger partial charge is 0.489 e. The van der Waals surface area contributed by atoms with E-state index in [-0.39, 0.29) is 6.03 Å². The van der Waals surface area contributed by atoms with Gasteiger partial charge >= 0.3 is 6.03 Å². The third-order valence-electron chi connectivity index (χ3n) is 3.24. The summed E-state index contributed by atoms with van der Waals surface area (Å²) in [5.41, 5.74) is 1.94. The summed E-state index contributed by atoms with van der Waals surface area (Å²) in [6.07, 6.45) is 1.69. The van der Waals surface area contributed by atoms with Gasteiger partial charge in [0.2, 0.25) is 0 Å². The lowest BCUT2D eigenvalue weighted by atomic mass is 10.2. The Labute approximate surface area is 140 Å². The highest BCUT2D eigenvalue weighted by Gasteiger charge is 2.07. The van der Waals surface area contributed by atoms with Crippen LogP contribution < -0.4 is 15.4 Å². The number of benzene rings is 1. The van der Waals surface area contributed by atoms with E-state index in [4.69, 9.17) is 4.74 Å². The molecule has 0 saturated heterocycles. The van der Waals surface area contributed by atoms with E-state index in [1.807, 2.05) is 38.1 Å². The van der Waals surface area contributed by atoms with E-state index in [1.165, 1.54) is 4.88 Å². The first-order valence-corrected chi connectivity index (χ1v) is 8.18. The van der Waals surface area contributed by atoms with Gasteiger partial charge < -0.3 is 15.4 Å². The molecule has 2 N–H and O–H groups in total. The maximum Gasteiger partial charge on any atom is 0.315 e. The molecule has 1 aromatic heterocycles. The van der Waals surface area contributed by atoms with E-state index in [0.717, 1.165) is 22.0 Å². The summed E-state index contributed by atoms with van der Waals surface area (Å²) in [4.78, 5) is 17.5. The van der Waals surface area contributed by atoms with E-state index >= 15 is 0 Å². The van der Waals surface area contributed by atoms with Gasteiger partial charge in [0.15, 0.2) is 0 Å². The second kappa shape index (κ2) is 8.33. The number of hydrogen-bond acceptors (Lipinski definition) is 4. The molecule has 5 nitrogen and oxygen atoms in total. The van der Waals surface area contributed by atoms with Gasteiger partial charge in [-0.3, -0.25) is 0 Å². The number of nitrogens with zero attached hydrogens (tertiary/aromatic N) is 1. The second-order valence-electron chi connectivity index (χ2n) is 4.99. The molecule has 0 fully saturated rings. The molecule has 0 bridgehead atoms. The van der Waals surface area contributed by atoms with Gasteiger partial charge in [0.25, 0.3) is 0 Å². The van der Waals surface area contributed by atoms with Gasteiger partial charge in [-0.15, -0.1) is 11.3 Å². The standard InChI is InChI=1S/C17H21N3O2S/c1-4-9-22-15-8-6-5-7-14(15)10-18-17(21)19-11-16-20-12(2)13(3)23-16/h4-8H,1,9-11H2,2-3H3,(H2,18,19,21). The second-order valence-corrected chi connectivity index (χ2v) is 6.28. The molecule has 0 radical (unpaired) electrons. The number of ether oxygens (including phenoxy) is 1. The summed E-state index contributed by atoms with van der Waals surface area (Å²) in [7, 11) is 0. The Bertz CT molecular complexity index is 663. The van der Waals surface area contributed by atoms with Gasteiger partial charge in [-0.25, -0.2) is 9.78 Å². The molecule has 0 spiro atoms. The van der Waals surface area contributed by atoms with Crippen LogP contribution in [-0.2, 0) is 13.1 Å². The summed E-state index contributed by atoms with van der Waals surface area (Å²) in [5, 5.41) is 6.55. The maximum absolute atomic E-state index is 11.9. The number of carbonyl (C=O) groups excluding carboxylic acids is 1. The average molecular weight is 331 g/mol. The Kier molecular flexibility index (Phi) is 6.17. The van der Waals surface area contributed by atoms with E-state index in [0.29, 0.717) is 19.7 Å². The van der Waals surface area contributed by atoms with Crippen molar-refractivity contribution in [2.75, 3.05) is 6.61 Å². The van der Waals surface area contributed by atoms with E-state index in [2.05, 4.69) is 22.2 Å². The molecule has 0 aliphatic carbocycles. The monoisotopic (exact) mass is 331 g/mol. The highest BCUT2D eigenvalue weighted by Crippen LogP contribution is 2.18. The van der Waals surface area contributed by atoms with Gasteiger partial charge in [0.1, 0.15) is 17.4 Å². The molecule has 6 heteroatoms. The maximum atomic E-state index is 11.9. The molecule has 2 rings (SSSR count). The van der Waals surface area contributed by atoms with Crippen molar-refractivity contribution in [3.8, 4) is 5.75 Å². The minimum atomic E-state index is -0.228.